The van der Waals surface area contributed by atoms with E-state index >= 15 is 0 Å². The molecule has 2 rings (SSSR count). The Hall–Kier alpha value is -2.08. The van der Waals surface area contributed by atoms with E-state index in [1.54, 1.807) is 0 Å². The van der Waals surface area contributed by atoms with Gasteiger partial charge in [0.2, 0.25) is 0 Å². The fraction of sp³-hybridized carbons (Fsp3) is 0.429. The first-order valence-electron chi connectivity index (χ1n) is 6.42. The highest BCUT2D eigenvalue weighted by Crippen LogP contribution is 2.18. The number of piperidine rings is 1. The van der Waals surface area contributed by atoms with Crippen LogP contribution in [0.1, 0.15) is 12.0 Å². The van der Waals surface area contributed by atoms with Crippen LogP contribution in [0, 0.1) is 5.92 Å². The van der Waals surface area contributed by atoms with E-state index in [1.165, 1.54) is 4.90 Å². The van der Waals surface area contributed by atoms with Gasteiger partial charge in [-0.1, -0.05) is 30.3 Å². The number of rotatable bonds is 3. The SMILES string of the molecule is O=C(O)[C@H]1C[C@@H](O)CN(C(=O)OCc2ccccc2)C1. The number of aliphatic carboxylic acids is 1. The molecule has 1 aliphatic heterocycles. The topological polar surface area (TPSA) is 87.1 Å². The first kappa shape index (κ1) is 14.3. The Morgan fingerprint density at radius 1 is 1.25 bits per heavy atom. The van der Waals surface area contributed by atoms with Crippen molar-refractivity contribution >= 4 is 12.1 Å². The molecule has 2 N–H and O–H groups in total. The van der Waals surface area contributed by atoms with Crippen LogP contribution in [0.4, 0.5) is 4.79 Å². The van der Waals surface area contributed by atoms with E-state index in [1.807, 2.05) is 30.3 Å². The lowest BCUT2D eigenvalue weighted by molar-refractivity contribution is -0.145. The van der Waals surface area contributed by atoms with Crippen molar-refractivity contribution in [2.75, 3.05) is 13.1 Å². The largest absolute Gasteiger partial charge is 0.481 e. The minimum atomic E-state index is -1.01. The van der Waals surface area contributed by atoms with Gasteiger partial charge >= 0.3 is 12.1 Å². The maximum absolute atomic E-state index is 11.9. The van der Waals surface area contributed by atoms with E-state index in [9.17, 15) is 14.7 Å². The van der Waals surface area contributed by atoms with Gasteiger partial charge in [0, 0.05) is 13.1 Å². The van der Waals surface area contributed by atoms with E-state index in [-0.39, 0.29) is 26.1 Å². The second-order valence-electron chi connectivity index (χ2n) is 4.87. The molecule has 1 heterocycles. The van der Waals surface area contributed by atoms with Gasteiger partial charge in [0.15, 0.2) is 0 Å². The zero-order valence-corrected chi connectivity index (χ0v) is 10.9. The number of hydrogen-bond donors (Lipinski definition) is 2. The summed E-state index contributed by atoms with van der Waals surface area (Å²) in [6, 6.07) is 9.21. The molecule has 1 aromatic carbocycles. The van der Waals surface area contributed by atoms with Crippen LogP contribution in [0.5, 0.6) is 0 Å². The zero-order valence-electron chi connectivity index (χ0n) is 10.9. The maximum atomic E-state index is 11.9. The summed E-state index contributed by atoms with van der Waals surface area (Å²) in [5, 5.41) is 18.6. The summed E-state index contributed by atoms with van der Waals surface area (Å²) in [7, 11) is 0. The number of likely N-dealkylation sites (tertiary alicyclic amines) is 1. The van der Waals surface area contributed by atoms with Crippen molar-refractivity contribution < 1.29 is 24.5 Å². The lowest BCUT2D eigenvalue weighted by atomic mass is 9.96. The molecule has 1 amide bonds. The maximum Gasteiger partial charge on any atom is 0.410 e. The molecule has 0 radical (unpaired) electrons. The smallest absolute Gasteiger partial charge is 0.410 e. The molecule has 20 heavy (non-hydrogen) atoms. The molecule has 0 spiro atoms. The van der Waals surface area contributed by atoms with Gasteiger partial charge in [0.05, 0.1) is 12.0 Å². The third kappa shape index (κ3) is 3.71. The highest BCUT2D eigenvalue weighted by atomic mass is 16.6. The van der Waals surface area contributed by atoms with Crippen LogP contribution in [0.15, 0.2) is 30.3 Å². The van der Waals surface area contributed by atoms with Crippen LogP contribution in [0.25, 0.3) is 0 Å². The summed E-state index contributed by atoms with van der Waals surface area (Å²) >= 11 is 0. The standard InChI is InChI=1S/C14H17NO5/c16-12-6-11(13(17)18)7-15(8-12)14(19)20-9-10-4-2-1-3-5-10/h1-5,11-12,16H,6-9H2,(H,17,18)/t11-,12+/m0/s1. The monoisotopic (exact) mass is 279 g/mol. The molecular formula is C14H17NO5. The summed E-state index contributed by atoms with van der Waals surface area (Å²) in [6.07, 6.45) is -1.26. The second kappa shape index (κ2) is 6.38. The summed E-state index contributed by atoms with van der Waals surface area (Å²) in [6.45, 7) is 0.307. The normalized spacial score (nSPS) is 22.4. The van der Waals surface area contributed by atoms with Gasteiger partial charge in [-0.15, -0.1) is 0 Å². The molecule has 1 aliphatic rings. The molecule has 6 nitrogen and oxygen atoms in total. The quantitative estimate of drug-likeness (QED) is 0.865. The molecule has 108 valence electrons. The van der Waals surface area contributed by atoms with E-state index in [2.05, 4.69) is 0 Å². The first-order chi connectivity index (χ1) is 9.56. The number of hydrogen-bond acceptors (Lipinski definition) is 4. The van der Waals surface area contributed by atoms with Crippen molar-refractivity contribution in [3.63, 3.8) is 0 Å². The number of carboxylic acid groups (broad SMARTS) is 1. The molecule has 6 heteroatoms. The Morgan fingerprint density at radius 2 is 1.95 bits per heavy atom. The summed E-state index contributed by atoms with van der Waals surface area (Å²) in [4.78, 5) is 24.1. The Bertz CT molecular complexity index is 476. The van der Waals surface area contributed by atoms with Crippen LogP contribution >= 0.6 is 0 Å². The molecule has 1 aromatic rings. The summed E-state index contributed by atoms with van der Waals surface area (Å²) in [5.41, 5.74) is 0.855. The van der Waals surface area contributed by atoms with Crippen LogP contribution in [-0.2, 0) is 16.1 Å². The van der Waals surface area contributed by atoms with E-state index in [0.717, 1.165) is 5.56 Å². The molecule has 1 saturated heterocycles. The predicted molar refractivity (Wildman–Crippen MR) is 69.9 cm³/mol. The average Bonchev–Trinajstić information content (AvgIpc) is 2.45. The van der Waals surface area contributed by atoms with E-state index in [4.69, 9.17) is 9.84 Å². The fourth-order valence-corrected chi connectivity index (χ4v) is 2.21. The highest BCUT2D eigenvalue weighted by Gasteiger charge is 2.33. The van der Waals surface area contributed by atoms with Gasteiger partial charge in [-0.2, -0.15) is 0 Å². The number of carbonyl (C=O) groups is 2. The van der Waals surface area contributed by atoms with Crippen LogP contribution < -0.4 is 0 Å². The Morgan fingerprint density at radius 3 is 2.60 bits per heavy atom. The number of ether oxygens (including phenoxy) is 1. The molecule has 0 aromatic heterocycles. The number of aliphatic hydroxyl groups excluding tert-OH is 1. The van der Waals surface area contributed by atoms with E-state index in [0.29, 0.717) is 0 Å². The van der Waals surface area contributed by atoms with Gasteiger partial charge in [-0.25, -0.2) is 4.79 Å². The van der Waals surface area contributed by atoms with Crippen LogP contribution in [0.2, 0.25) is 0 Å². The molecular weight excluding hydrogens is 262 g/mol. The van der Waals surface area contributed by atoms with Crippen molar-refractivity contribution in [1.82, 2.24) is 4.90 Å². The molecule has 0 unspecified atom stereocenters. The lowest BCUT2D eigenvalue weighted by Gasteiger charge is -2.33. The third-order valence-electron chi connectivity index (χ3n) is 3.24. The van der Waals surface area contributed by atoms with Crippen molar-refractivity contribution in [2.45, 2.75) is 19.1 Å². The zero-order chi connectivity index (χ0) is 14.5. The van der Waals surface area contributed by atoms with E-state index < -0.39 is 24.1 Å². The fourth-order valence-electron chi connectivity index (χ4n) is 2.21. The molecule has 2 atom stereocenters. The van der Waals surface area contributed by atoms with Crippen molar-refractivity contribution in [1.29, 1.82) is 0 Å². The summed E-state index contributed by atoms with van der Waals surface area (Å²) < 4.78 is 5.13. The number of β-amino-alcohol motifs (C(OH)–C–C–N with tert-alkyl or cyclic N) is 1. The van der Waals surface area contributed by atoms with Crippen LogP contribution in [-0.4, -0.2) is 46.4 Å². The molecule has 1 fully saturated rings. The Labute approximate surface area is 116 Å². The van der Waals surface area contributed by atoms with Crippen LogP contribution in [0.3, 0.4) is 0 Å². The Kier molecular flexibility index (Phi) is 4.57. The van der Waals surface area contributed by atoms with Crippen molar-refractivity contribution in [3.8, 4) is 0 Å². The predicted octanol–water partition coefficient (Wildman–Crippen LogP) is 1.09. The van der Waals surface area contributed by atoms with Gasteiger partial charge in [0.25, 0.3) is 0 Å². The van der Waals surface area contributed by atoms with Crippen molar-refractivity contribution in [3.05, 3.63) is 35.9 Å². The number of nitrogens with zero attached hydrogens (tertiary/aromatic N) is 1. The molecule has 0 aliphatic carbocycles. The Balaban J connectivity index is 1.90. The number of benzene rings is 1. The number of amides is 1. The van der Waals surface area contributed by atoms with Gasteiger partial charge in [-0.3, -0.25) is 4.79 Å². The van der Waals surface area contributed by atoms with Crippen molar-refractivity contribution in [2.24, 2.45) is 5.92 Å². The number of carboxylic acids is 1. The first-order valence-corrected chi connectivity index (χ1v) is 6.42. The van der Waals surface area contributed by atoms with Gasteiger partial charge in [0.1, 0.15) is 6.61 Å². The number of aliphatic hydroxyl groups is 1. The number of carbonyl (C=O) groups excluding carboxylic acids is 1. The van der Waals surface area contributed by atoms with Gasteiger partial charge in [-0.05, 0) is 12.0 Å². The molecule has 0 saturated carbocycles. The minimum absolute atomic E-state index is 0.0695. The van der Waals surface area contributed by atoms with Gasteiger partial charge < -0.3 is 19.8 Å². The lowest BCUT2D eigenvalue weighted by Crippen LogP contribution is -2.48. The second-order valence-corrected chi connectivity index (χ2v) is 4.87. The highest BCUT2D eigenvalue weighted by molar-refractivity contribution is 5.73. The minimum Gasteiger partial charge on any atom is -0.481 e. The third-order valence-corrected chi connectivity index (χ3v) is 3.24. The average molecular weight is 279 g/mol. The molecule has 0 bridgehead atoms. The summed E-state index contributed by atoms with van der Waals surface area (Å²) in [5.74, 6) is -1.76.